The summed E-state index contributed by atoms with van der Waals surface area (Å²) in [4.78, 5) is 16.7. The summed E-state index contributed by atoms with van der Waals surface area (Å²) in [7, 11) is 1.29. The summed E-state index contributed by atoms with van der Waals surface area (Å²) in [6, 6.07) is 6.73. The third-order valence-electron chi connectivity index (χ3n) is 4.16. The van der Waals surface area contributed by atoms with Gasteiger partial charge in [0.1, 0.15) is 10.8 Å². The monoisotopic (exact) mass is 423 g/mol. The van der Waals surface area contributed by atoms with Gasteiger partial charge in [0.2, 0.25) is 0 Å². The minimum atomic E-state index is -0.992. The van der Waals surface area contributed by atoms with Crippen molar-refractivity contribution in [1.82, 2.24) is 4.98 Å². The molecule has 3 aromatic rings. The molecule has 0 fully saturated rings. The fraction of sp³-hybridized carbons (Fsp3) is 0.200. The normalized spacial score (nSPS) is 12.0. The summed E-state index contributed by atoms with van der Waals surface area (Å²) >= 11 is 7.65. The SMILES string of the molecule is COc1c(F)cc(F)cc1-c1cc(Cl)cc(C(CC(=O)O)c2ncc(C)s2)c1. The van der Waals surface area contributed by atoms with Crippen LogP contribution in [0.1, 0.15) is 27.8 Å². The Balaban J connectivity index is 2.17. The van der Waals surface area contributed by atoms with E-state index in [2.05, 4.69) is 4.98 Å². The Bertz CT molecular complexity index is 1040. The van der Waals surface area contributed by atoms with Gasteiger partial charge in [0.15, 0.2) is 11.6 Å². The first kappa shape index (κ1) is 20.2. The first-order valence-corrected chi connectivity index (χ1v) is 9.46. The Kier molecular flexibility index (Phi) is 5.96. The van der Waals surface area contributed by atoms with Gasteiger partial charge < -0.3 is 9.84 Å². The maximum Gasteiger partial charge on any atom is 0.304 e. The number of hydrogen-bond acceptors (Lipinski definition) is 4. The average Bonchev–Trinajstić information content (AvgIpc) is 3.04. The number of benzene rings is 2. The Morgan fingerprint density at radius 2 is 2.04 bits per heavy atom. The molecular formula is C20H16ClF2NO3S. The molecule has 4 nitrogen and oxygen atoms in total. The summed E-state index contributed by atoms with van der Waals surface area (Å²) in [6.45, 7) is 1.88. The van der Waals surface area contributed by atoms with Gasteiger partial charge in [-0.15, -0.1) is 11.3 Å². The van der Waals surface area contributed by atoms with Gasteiger partial charge in [0, 0.05) is 33.6 Å². The van der Waals surface area contributed by atoms with Crippen LogP contribution in [0.2, 0.25) is 5.02 Å². The highest BCUT2D eigenvalue weighted by Crippen LogP contribution is 2.39. The molecule has 0 saturated heterocycles. The molecule has 3 rings (SSSR count). The van der Waals surface area contributed by atoms with Crippen molar-refractivity contribution < 1.29 is 23.4 Å². The molecule has 146 valence electrons. The van der Waals surface area contributed by atoms with E-state index in [0.717, 1.165) is 17.0 Å². The Morgan fingerprint density at radius 3 is 2.64 bits per heavy atom. The molecule has 28 heavy (non-hydrogen) atoms. The average molecular weight is 424 g/mol. The second-order valence-corrected chi connectivity index (χ2v) is 7.90. The lowest BCUT2D eigenvalue weighted by atomic mass is 9.92. The topological polar surface area (TPSA) is 59.4 Å². The van der Waals surface area contributed by atoms with Crippen molar-refractivity contribution in [3.8, 4) is 16.9 Å². The van der Waals surface area contributed by atoms with Crippen molar-refractivity contribution >= 4 is 28.9 Å². The standard InChI is InChI=1S/C20H16ClF2NO3S/c1-10-9-24-20(28-10)16(8-18(25)26)12-3-11(4-13(21)5-12)15-6-14(22)7-17(23)19(15)27-2/h3-7,9,16H,8H2,1-2H3,(H,25,26). The van der Waals surface area contributed by atoms with Crippen LogP contribution >= 0.6 is 22.9 Å². The predicted molar refractivity (Wildman–Crippen MR) is 104 cm³/mol. The van der Waals surface area contributed by atoms with E-state index in [1.807, 2.05) is 6.92 Å². The first-order chi connectivity index (χ1) is 13.3. The summed E-state index contributed by atoms with van der Waals surface area (Å²) in [5, 5.41) is 10.3. The van der Waals surface area contributed by atoms with Gasteiger partial charge in [-0.25, -0.2) is 13.8 Å². The van der Waals surface area contributed by atoms with Crippen molar-refractivity contribution in [1.29, 1.82) is 0 Å². The molecule has 8 heteroatoms. The lowest BCUT2D eigenvalue weighted by Gasteiger charge is -2.16. The van der Waals surface area contributed by atoms with Gasteiger partial charge >= 0.3 is 5.97 Å². The summed E-state index contributed by atoms with van der Waals surface area (Å²) < 4.78 is 33.0. The number of aromatic nitrogens is 1. The highest BCUT2D eigenvalue weighted by atomic mass is 35.5. The smallest absolute Gasteiger partial charge is 0.304 e. The fourth-order valence-corrected chi connectivity index (χ4v) is 4.15. The van der Waals surface area contributed by atoms with Crippen LogP contribution in [0.5, 0.6) is 5.75 Å². The van der Waals surface area contributed by atoms with Crippen molar-refractivity contribution in [3.05, 3.63) is 68.6 Å². The van der Waals surface area contributed by atoms with E-state index >= 15 is 0 Å². The minimum Gasteiger partial charge on any atom is -0.493 e. The van der Waals surface area contributed by atoms with E-state index in [-0.39, 0.29) is 17.7 Å². The zero-order valence-corrected chi connectivity index (χ0v) is 16.6. The van der Waals surface area contributed by atoms with Crippen molar-refractivity contribution in [3.63, 3.8) is 0 Å². The highest BCUT2D eigenvalue weighted by molar-refractivity contribution is 7.11. The Morgan fingerprint density at radius 1 is 1.29 bits per heavy atom. The second kappa shape index (κ2) is 8.24. The molecule has 1 unspecified atom stereocenters. The number of methoxy groups -OCH3 is 1. The molecule has 0 saturated carbocycles. The third kappa shape index (κ3) is 4.31. The summed E-state index contributed by atoms with van der Waals surface area (Å²) in [5.41, 5.74) is 1.19. The van der Waals surface area contributed by atoms with Crippen molar-refractivity contribution in [2.45, 2.75) is 19.3 Å². The van der Waals surface area contributed by atoms with E-state index in [0.29, 0.717) is 21.2 Å². The predicted octanol–water partition coefficient (Wildman–Crippen LogP) is 5.67. The highest BCUT2D eigenvalue weighted by Gasteiger charge is 2.23. The van der Waals surface area contributed by atoms with Crippen LogP contribution in [-0.4, -0.2) is 23.2 Å². The lowest BCUT2D eigenvalue weighted by molar-refractivity contribution is -0.137. The number of thiazole rings is 1. The van der Waals surface area contributed by atoms with E-state index in [9.17, 15) is 18.7 Å². The number of carboxylic acids is 1. The molecule has 0 aliphatic heterocycles. The summed E-state index contributed by atoms with van der Waals surface area (Å²) in [5.74, 6) is -3.24. The number of ether oxygens (including phenoxy) is 1. The van der Waals surface area contributed by atoms with E-state index in [4.69, 9.17) is 16.3 Å². The number of halogens is 3. The maximum atomic E-state index is 14.1. The number of nitrogens with zero attached hydrogens (tertiary/aromatic N) is 1. The molecule has 1 N–H and O–H groups in total. The van der Waals surface area contributed by atoms with Gasteiger partial charge in [-0.05, 0) is 36.2 Å². The number of carbonyl (C=O) groups is 1. The van der Waals surface area contributed by atoms with Gasteiger partial charge in [-0.1, -0.05) is 17.7 Å². The van der Waals surface area contributed by atoms with Crippen LogP contribution in [-0.2, 0) is 4.79 Å². The van der Waals surface area contributed by atoms with Crippen LogP contribution in [0, 0.1) is 18.6 Å². The quantitative estimate of drug-likeness (QED) is 0.555. The molecule has 0 amide bonds. The van der Waals surface area contributed by atoms with Gasteiger partial charge in [-0.2, -0.15) is 0 Å². The second-order valence-electron chi connectivity index (χ2n) is 6.20. The number of carboxylic acid groups (broad SMARTS) is 1. The molecular weight excluding hydrogens is 408 g/mol. The number of hydrogen-bond donors (Lipinski definition) is 1. The van der Waals surface area contributed by atoms with Gasteiger partial charge in [0.05, 0.1) is 13.5 Å². The maximum absolute atomic E-state index is 14.1. The van der Waals surface area contributed by atoms with Crippen molar-refractivity contribution in [2.75, 3.05) is 7.11 Å². The van der Waals surface area contributed by atoms with E-state index in [1.165, 1.54) is 18.4 Å². The van der Waals surface area contributed by atoms with E-state index in [1.54, 1.807) is 24.4 Å². The van der Waals surface area contributed by atoms with Crippen molar-refractivity contribution in [2.24, 2.45) is 0 Å². The van der Waals surface area contributed by atoms with Crippen LogP contribution in [0.25, 0.3) is 11.1 Å². The fourth-order valence-electron chi connectivity index (χ4n) is 3.01. The summed E-state index contributed by atoms with van der Waals surface area (Å²) in [6.07, 6.45) is 1.48. The molecule has 0 spiro atoms. The molecule has 0 aliphatic rings. The van der Waals surface area contributed by atoms with Crippen LogP contribution in [0.4, 0.5) is 8.78 Å². The molecule has 1 heterocycles. The number of aliphatic carboxylic acids is 1. The van der Waals surface area contributed by atoms with Crippen LogP contribution < -0.4 is 4.74 Å². The Labute approximate surface area is 169 Å². The van der Waals surface area contributed by atoms with Crippen LogP contribution in [0.15, 0.2) is 36.5 Å². The first-order valence-electron chi connectivity index (χ1n) is 8.26. The zero-order chi connectivity index (χ0) is 20.4. The molecule has 0 aliphatic carbocycles. The largest absolute Gasteiger partial charge is 0.493 e. The zero-order valence-electron chi connectivity index (χ0n) is 15.0. The minimum absolute atomic E-state index is 0.116. The number of aryl methyl sites for hydroxylation is 1. The molecule has 1 aromatic heterocycles. The molecule has 0 bridgehead atoms. The van der Waals surface area contributed by atoms with Gasteiger partial charge in [-0.3, -0.25) is 4.79 Å². The Hall–Kier alpha value is -2.51. The molecule has 1 atom stereocenters. The lowest BCUT2D eigenvalue weighted by Crippen LogP contribution is -2.08. The number of rotatable bonds is 6. The van der Waals surface area contributed by atoms with Gasteiger partial charge in [0.25, 0.3) is 0 Å². The van der Waals surface area contributed by atoms with E-state index < -0.39 is 23.5 Å². The molecule has 0 radical (unpaired) electrons. The van der Waals surface area contributed by atoms with Crippen LogP contribution in [0.3, 0.4) is 0 Å². The molecule has 2 aromatic carbocycles. The third-order valence-corrected chi connectivity index (χ3v) is 5.41.